The van der Waals surface area contributed by atoms with Gasteiger partial charge in [-0.2, -0.15) is 13.2 Å². The Morgan fingerprint density at radius 3 is 2.59 bits per heavy atom. The molecule has 1 aromatic carbocycles. The highest BCUT2D eigenvalue weighted by Gasteiger charge is 2.35. The van der Waals surface area contributed by atoms with Gasteiger partial charge in [-0.3, -0.25) is 9.79 Å². The Morgan fingerprint density at radius 2 is 2.05 bits per heavy atom. The van der Waals surface area contributed by atoms with Crippen LogP contribution in [0.5, 0.6) is 0 Å². The van der Waals surface area contributed by atoms with Gasteiger partial charge in [0.25, 0.3) is 0 Å². The number of amidine groups is 1. The molecule has 7 heteroatoms. The number of alkyl halides is 3. The molecule has 3 nitrogen and oxygen atoms in total. The maximum atomic E-state index is 13.0. The predicted octanol–water partition coefficient (Wildman–Crippen LogP) is 3.93. The van der Waals surface area contributed by atoms with Gasteiger partial charge in [-0.05, 0) is 25.5 Å². The lowest BCUT2D eigenvalue weighted by Crippen LogP contribution is -2.25. The summed E-state index contributed by atoms with van der Waals surface area (Å²) in [5, 5.41) is 2.46. The average Bonchev–Trinajstić information content (AvgIpc) is 2.78. The summed E-state index contributed by atoms with van der Waals surface area (Å²) < 4.78 is 39.1. The first-order chi connectivity index (χ1) is 10.2. The molecule has 2 rings (SSSR count). The van der Waals surface area contributed by atoms with E-state index in [4.69, 9.17) is 0 Å². The van der Waals surface area contributed by atoms with E-state index in [1.807, 2.05) is 0 Å². The molecule has 22 heavy (non-hydrogen) atoms. The first-order valence-corrected chi connectivity index (χ1v) is 7.45. The normalized spacial score (nSPS) is 21.8. The molecule has 1 aliphatic rings. The van der Waals surface area contributed by atoms with Crippen LogP contribution in [0.15, 0.2) is 41.4 Å². The monoisotopic (exact) mass is 328 g/mol. The van der Waals surface area contributed by atoms with Gasteiger partial charge >= 0.3 is 6.18 Å². The molecule has 1 saturated heterocycles. The van der Waals surface area contributed by atoms with Crippen LogP contribution in [0, 0.1) is 0 Å². The summed E-state index contributed by atoms with van der Waals surface area (Å²) in [5.41, 5.74) is 0.0461. The summed E-state index contributed by atoms with van der Waals surface area (Å²) in [7, 11) is 0. The van der Waals surface area contributed by atoms with Crippen molar-refractivity contribution in [1.82, 2.24) is 5.32 Å². The Bertz CT molecular complexity index is 640. The zero-order valence-electron chi connectivity index (χ0n) is 12.1. The highest BCUT2D eigenvalue weighted by atomic mass is 32.2. The van der Waals surface area contributed by atoms with Crippen LogP contribution in [-0.2, 0) is 11.0 Å². The van der Waals surface area contributed by atoms with E-state index >= 15 is 0 Å². The van der Waals surface area contributed by atoms with Crippen molar-refractivity contribution in [3.8, 4) is 0 Å². The van der Waals surface area contributed by atoms with Crippen LogP contribution in [0.3, 0.4) is 0 Å². The molecule has 0 saturated carbocycles. The first-order valence-electron chi connectivity index (χ1n) is 6.57. The van der Waals surface area contributed by atoms with E-state index in [1.54, 1.807) is 19.9 Å². The number of hydrogen-bond donors (Lipinski definition) is 1. The van der Waals surface area contributed by atoms with Crippen LogP contribution in [-0.4, -0.2) is 16.3 Å². The smallest absolute Gasteiger partial charge is 0.304 e. The molecule has 1 aliphatic heterocycles. The van der Waals surface area contributed by atoms with Crippen LogP contribution < -0.4 is 5.32 Å². The van der Waals surface area contributed by atoms with Gasteiger partial charge in [-0.15, -0.1) is 0 Å². The Balaban J connectivity index is 2.27. The van der Waals surface area contributed by atoms with E-state index in [2.05, 4.69) is 16.9 Å². The second-order valence-electron chi connectivity index (χ2n) is 5.03. The number of nitrogens with one attached hydrogen (secondary N) is 1. The van der Waals surface area contributed by atoms with Gasteiger partial charge < -0.3 is 5.32 Å². The summed E-state index contributed by atoms with van der Waals surface area (Å²) >= 11 is 1.17. The zero-order valence-corrected chi connectivity index (χ0v) is 12.9. The molecule has 1 amide bonds. The maximum absolute atomic E-state index is 13.0. The van der Waals surface area contributed by atoms with Crippen molar-refractivity contribution >= 4 is 22.8 Å². The summed E-state index contributed by atoms with van der Waals surface area (Å²) in [6, 6.07) is 4.59. The lowest BCUT2D eigenvalue weighted by atomic mass is 10.0. The standard InChI is InChI=1S/C15H15F3N2OS/c1-8(2)12-13(21)20-14(22-12)19-9(3)10-6-4-5-7-11(10)15(16,17)18/h4-7,9,12H,1H2,2-3H3,(H,19,20,21)/t9-,12?/m0/s1. The van der Waals surface area contributed by atoms with Crippen molar-refractivity contribution in [2.75, 3.05) is 0 Å². The number of benzene rings is 1. The summed E-state index contributed by atoms with van der Waals surface area (Å²) in [5.74, 6) is -0.243. The Hall–Kier alpha value is -1.76. The minimum atomic E-state index is -4.43. The lowest BCUT2D eigenvalue weighted by Gasteiger charge is -2.15. The molecule has 1 aromatic rings. The Morgan fingerprint density at radius 1 is 1.41 bits per heavy atom. The lowest BCUT2D eigenvalue weighted by molar-refractivity contribution is -0.138. The van der Waals surface area contributed by atoms with Gasteiger partial charge in [-0.25, -0.2) is 0 Å². The molecule has 0 bridgehead atoms. The number of rotatable bonds is 3. The molecule has 2 atom stereocenters. The number of carbonyl (C=O) groups excluding carboxylic acids is 1. The van der Waals surface area contributed by atoms with Crippen molar-refractivity contribution in [1.29, 1.82) is 0 Å². The molecule has 0 aliphatic carbocycles. The topological polar surface area (TPSA) is 41.5 Å². The number of amides is 1. The summed E-state index contributed by atoms with van der Waals surface area (Å²) in [4.78, 5) is 15.9. The average molecular weight is 328 g/mol. The fraction of sp³-hybridized carbons (Fsp3) is 0.333. The van der Waals surface area contributed by atoms with Crippen LogP contribution in [0.4, 0.5) is 13.2 Å². The van der Waals surface area contributed by atoms with E-state index in [0.29, 0.717) is 10.7 Å². The van der Waals surface area contributed by atoms with Crippen molar-refractivity contribution in [3.05, 3.63) is 47.5 Å². The summed E-state index contributed by atoms with van der Waals surface area (Å²) in [6.07, 6.45) is -4.43. The van der Waals surface area contributed by atoms with Gasteiger partial charge in [0, 0.05) is 0 Å². The molecule has 1 fully saturated rings. The predicted molar refractivity (Wildman–Crippen MR) is 81.6 cm³/mol. The van der Waals surface area contributed by atoms with Gasteiger partial charge in [0.2, 0.25) is 5.91 Å². The van der Waals surface area contributed by atoms with Crippen LogP contribution >= 0.6 is 11.8 Å². The van der Waals surface area contributed by atoms with Gasteiger partial charge in [-0.1, -0.05) is 42.1 Å². The molecule has 1 heterocycles. The number of hydrogen-bond acceptors (Lipinski definition) is 3. The minimum Gasteiger partial charge on any atom is -0.304 e. The molecule has 1 N–H and O–H groups in total. The van der Waals surface area contributed by atoms with E-state index < -0.39 is 23.0 Å². The van der Waals surface area contributed by atoms with Crippen molar-refractivity contribution in [2.24, 2.45) is 4.99 Å². The second-order valence-corrected chi connectivity index (χ2v) is 6.12. The van der Waals surface area contributed by atoms with E-state index in [-0.39, 0.29) is 11.5 Å². The molecule has 0 radical (unpaired) electrons. The first kappa shape index (κ1) is 16.6. The molecular weight excluding hydrogens is 313 g/mol. The largest absolute Gasteiger partial charge is 0.416 e. The number of aliphatic imine (C=N–C) groups is 1. The van der Waals surface area contributed by atoms with Crippen LogP contribution in [0.25, 0.3) is 0 Å². The van der Waals surface area contributed by atoms with Gasteiger partial charge in [0.05, 0.1) is 11.6 Å². The molecule has 0 spiro atoms. The fourth-order valence-electron chi connectivity index (χ4n) is 2.12. The highest BCUT2D eigenvalue weighted by Crippen LogP contribution is 2.36. The molecular formula is C15H15F3N2OS. The van der Waals surface area contributed by atoms with Gasteiger partial charge in [0.15, 0.2) is 5.17 Å². The quantitative estimate of drug-likeness (QED) is 0.854. The van der Waals surface area contributed by atoms with Gasteiger partial charge in [0.1, 0.15) is 5.25 Å². The highest BCUT2D eigenvalue weighted by molar-refractivity contribution is 8.15. The van der Waals surface area contributed by atoms with Crippen molar-refractivity contribution < 1.29 is 18.0 Å². The second kappa shape index (κ2) is 6.16. The zero-order chi connectivity index (χ0) is 16.5. The van der Waals surface area contributed by atoms with Crippen molar-refractivity contribution in [2.45, 2.75) is 31.3 Å². The van der Waals surface area contributed by atoms with E-state index in [0.717, 1.165) is 6.07 Å². The molecule has 1 unspecified atom stereocenters. The van der Waals surface area contributed by atoms with Crippen LogP contribution in [0.1, 0.15) is 31.0 Å². The molecule has 118 valence electrons. The fourth-order valence-corrected chi connectivity index (χ4v) is 3.09. The minimum absolute atomic E-state index is 0.0797. The maximum Gasteiger partial charge on any atom is 0.416 e. The third-order valence-corrected chi connectivity index (χ3v) is 4.46. The Kier molecular flexibility index (Phi) is 4.65. The number of nitrogens with zero attached hydrogens (tertiary/aromatic N) is 1. The number of carbonyl (C=O) groups is 1. The van der Waals surface area contributed by atoms with Crippen molar-refractivity contribution in [3.63, 3.8) is 0 Å². The van der Waals surface area contributed by atoms with Crippen LogP contribution in [0.2, 0.25) is 0 Å². The molecule has 0 aromatic heterocycles. The van der Waals surface area contributed by atoms with E-state index in [1.165, 1.54) is 23.9 Å². The third-order valence-electron chi connectivity index (χ3n) is 3.17. The number of thioether (sulfide) groups is 1. The number of halogens is 3. The van der Waals surface area contributed by atoms with E-state index in [9.17, 15) is 18.0 Å². The SMILES string of the molecule is C=C(C)C1SC(=N[C@@H](C)c2ccccc2C(F)(F)F)NC1=O. The Labute approximate surface area is 130 Å². The summed E-state index contributed by atoms with van der Waals surface area (Å²) in [6.45, 7) is 7.01. The third kappa shape index (κ3) is 3.52.